The lowest BCUT2D eigenvalue weighted by Crippen LogP contribution is -2.51. The molecule has 0 N–H and O–H groups in total. The summed E-state index contributed by atoms with van der Waals surface area (Å²) in [5.74, 6) is -0.00387. The maximum Gasteiger partial charge on any atom is 0.218 e. The Balaban J connectivity index is 1.61. The summed E-state index contributed by atoms with van der Waals surface area (Å²) in [5, 5.41) is 0.524. The van der Waals surface area contributed by atoms with E-state index in [1.54, 1.807) is 16.4 Å². The van der Waals surface area contributed by atoms with E-state index >= 15 is 0 Å². The van der Waals surface area contributed by atoms with Gasteiger partial charge in [0.1, 0.15) is 0 Å². The highest BCUT2D eigenvalue weighted by molar-refractivity contribution is 7.88. The first kappa shape index (κ1) is 16.2. The predicted octanol–water partition coefficient (Wildman–Crippen LogP) is 2.73. The fourth-order valence-electron chi connectivity index (χ4n) is 3.52. The van der Waals surface area contributed by atoms with Gasteiger partial charge in [0.2, 0.25) is 10.0 Å². The largest absolute Gasteiger partial charge is 0.298 e. The van der Waals surface area contributed by atoms with Crippen LogP contribution in [0.2, 0.25) is 5.02 Å². The van der Waals surface area contributed by atoms with Crippen LogP contribution in [-0.4, -0.2) is 49.8 Å². The monoisotopic (exact) mass is 342 g/mol. The first-order chi connectivity index (χ1) is 10.6. The molecule has 2 fully saturated rings. The van der Waals surface area contributed by atoms with Crippen molar-refractivity contribution in [3.63, 3.8) is 0 Å². The normalized spacial score (nSPS) is 22.2. The van der Waals surface area contributed by atoms with Crippen LogP contribution < -0.4 is 0 Å². The van der Waals surface area contributed by atoms with Gasteiger partial charge in [-0.05, 0) is 24.5 Å². The summed E-state index contributed by atoms with van der Waals surface area (Å²) in [4.78, 5) is 2.47. The first-order valence-electron chi connectivity index (χ1n) is 8.01. The molecule has 0 spiro atoms. The van der Waals surface area contributed by atoms with Crippen LogP contribution in [0.25, 0.3) is 0 Å². The van der Waals surface area contributed by atoms with Gasteiger partial charge in [-0.2, -0.15) is 4.31 Å². The summed E-state index contributed by atoms with van der Waals surface area (Å²) in [6, 6.07) is 7.85. The van der Waals surface area contributed by atoms with Gasteiger partial charge in [0.15, 0.2) is 0 Å². The Hall–Kier alpha value is -0.620. The first-order valence-corrected chi connectivity index (χ1v) is 10.0. The number of piperazine rings is 1. The van der Waals surface area contributed by atoms with E-state index in [1.165, 1.54) is 25.7 Å². The Kier molecular flexibility index (Phi) is 5.07. The molecule has 1 aliphatic carbocycles. The number of benzene rings is 1. The van der Waals surface area contributed by atoms with Crippen LogP contribution >= 0.6 is 11.6 Å². The van der Waals surface area contributed by atoms with Crippen molar-refractivity contribution >= 4 is 21.6 Å². The zero-order valence-corrected chi connectivity index (χ0v) is 14.3. The van der Waals surface area contributed by atoms with Crippen molar-refractivity contribution in [2.75, 3.05) is 26.2 Å². The van der Waals surface area contributed by atoms with Gasteiger partial charge in [-0.3, -0.25) is 4.90 Å². The Labute approximate surface area is 138 Å². The van der Waals surface area contributed by atoms with Crippen molar-refractivity contribution in [3.8, 4) is 0 Å². The second kappa shape index (κ2) is 6.87. The molecule has 1 aliphatic heterocycles. The third kappa shape index (κ3) is 3.65. The van der Waals surface area contributed by atoms with Crippen molar-refractivity contribution in [1.29, 1.82) is 0 Å². The SMILES string of the molecule is O=S(=O)(Cc1ccccc1Cl)N1CCN(C2CCCC2)CC1. The molecule has 3 rings (SSSR count). The minimum absolute atomic E-state index is 0.00387. The molecular weight excluding hydrogens is 320 g/mol. The molecule has 1 saturated heterocycles. The Morgan fingerprint density at radius 1 is 1.05 bits per heavy atom. The van der Waals surface area contributed by atoms with E-state index in [0.29, 0.717) is 29.7 Å². The van der Waals surface area contributed by atoms with Crippen molar-refractivity contribution < 1.29 is 8.42 Å². The van der Waals surface area contributed by atoms with Gasteiger partial charge < -0.3 is 0 Å². The van der Waals surface area contributed by atoms with Crippen molar-refractivity contribution in [2.24, 2.45) is 0 Å². The summed E-state index contributed by atoms with van der Waals surface area (Å²) >= 11 is 6.09. The molecule has 1 aromatic carbocycles. The maximum atomic E-state index is 12.6. The predicted molar refractivity (Wildman–Crippen MR) is 89.5 cm³/mol. The van der Waals surface area contributed by atoms with Gasteiger partial charge in [0.25, 0.3) is 0 Å². The zero-order valence-electron chi connectivity index (χ0n) is 12.7. The minimum Gasteiger partial charge on any atom is -0.298 e. The molecule has 22 heavy (non-hydrogen) atoms. The highest BCUT2D eigenvalue weighted by Gasteiger charge is 2.31. The summed E-state index contributed by atoms with van der Waals surface area (Å²) in [7, 11) is -3.28. The number of hydrogen-bond donors (Lipinski definition) is 0. The smallest absolute Gasteiger partial charge is 0.218 e. The lowest BCUT2D eigenvalue weighted by molar-refractivity contribution is 0.139. The maximum absolute atomic E-state index is 12.6. The van der Waals surface area contributed by atoms with Crippen LogP contribution in [0.4, 0.5) is 0 Å². The molecule has 1 heterocycles. The van der Waals surface area contributed by atoms with Crippen LogP contribution in [0.15, 0.2) is 24.3 Å². The van der Waals surface area contributed by atoms with E-state index in [-0.39, 0.29) is 5.75 Å². The molecule has 1 aromatic rings. The number of hydrogen-bond acceptors (Lipinski definition) is 3. The molecule has 0 amide bonds. The minimum atomic E-state index is -3.28. The topological polar surface area (TPSA) is 40.6 Å². The highest BCUT2D eigenvalue weighted by Crippen LogP contribution is 2.25. The van der Waals surface area contributed by atoms with E-state index in [2.05, 4.69) is 4.90 Å². The van der Waals surface area contributed by atoms with Gasteiger partial charge >= 0.3 is 0 Å². The molecule has 0 radical (unpaired) electrons. The Morgan fingerprint density at radius 2 is 1.68 bits per heavy atom. The molecule has 1 saturated carbocycles. The number of sulfonamides is 1. The third-order valence-corrected chi connectivity index (χ3v) is 7.00. The standard InChI is InChI=1S/C16H23ClN2O2S/c17-16-8-4-1-5-14(16)13-22(20,21)19-11-9-18(10-12-19)15-6-2-3-7-15/h1,4-5,8,15H,2-3,6-7,9-13H2. The van der Waals surface area contributed by atoms with Crippen molar-refractivity contribution in [3.05, 3.63) is 34.9 Å². The molecule has 4 nitrogen and oxygen atoms in total. The molecule has 6 heteroatoms. The van der Waals surface area contributed by atoms with Crippen LogP contribution in [0, 0.1) is 0 Å². The second-order valence-corrected chi connectivity index (χ2v) is 8.60. The highest BCUT2D eigenvalue weighted by atomic mass is 35.5. The van der Waals surface area contributed by atoms with Crippen LogP contribution in [0.3, 0.4) is 0 Å². The van der Waals surface area contributed by atoms with Gasteiger partial charge in [-0.25, -0.2) is 8.42 Å². The average Bonchev–Trinajstić information content (AvgIpc) is 3.04. The number of halogens is 1. The lowest BCUT2D eigenvalue weighted by atomic mass is 10.2. The van der Waals surface area contributed by atoms with Crippen LogP contribution in [0.5, 0.6) is 0 Å². The molecular formula is C16H23ClN2O2S. The van der Waals surface area contributed by atoms with E-state index in [0.717, 1.165) is 13.1 Å². The fourth-order valence-corrected chi connectivity index (χ4v) is 5.35. The number of nitrogens with zero attached hydrogens (tertiary/aromatic N) is 2. The summed E-state index contributed by atoms with van der Waals surface area (Å²) in [6.07, 6.45) is 5.17. The lowest BCUT2D eigenvalue weighted by Gasteiger charge is -2.37. The van der Waals surface area contributed by atoms with Crippen LogP contribution in [-0.2, 0) is 15.8 Å². The van der Waals surface area contributed by atoms with Gasteiger partial charge in [-0.15, -0.1) is 0 Å². The summed E-state index contributed by atoms with van der Waals surface area (Å²) in [5.41, 5.74) is 0.683. The van der Waals surface area contributed by atoms with Gasteiger partial charge in [0, 0.05) is 37.2 Å². The molecule has 2 aliphatic rings. The molecule has 0 atom stereocenters. The average molecular weight is 343 g/mol. The quantitative estimate of drug-likeness (QED) is 0.844. The van der Waals surface area contributed by atoms with Crippen molar-refractivity contribution in [1.82, 2.24) is 9.21 Å². The van der Waals surface area contributed by atoms with E-state index in [4.69, 9.17) is 11.6 Å². The molecule has 0 aromatic heterocycles. The Bertz CT molecular complexity index is 606. The van der Waals surface area contributed by atoms with E-state index in [9.17, 15) is 8.42 Å². The van der Waals surface area contributed by atoms with Crippen molar-refractivity contribution in [2.45, 2.75) is 37.5 Å². The van der Waals surface area contributed by atoms with Gasteiger partial charge in [-0.1, -0.05) is 42.6 Å². The second-order valence-electron chi connectivity index (χ2n) is 6.22. The molecule has 0 bridgehead atoms. The zero-order chi connectivity index (χ0) is 15.6. The third-order valence-electron chi connectivity index (χ3n) is 4.80. The van der Waals surface area contributed by atoms with Crippen LogP contribution in [0.1, 0.15) is 31.2 Å². The Morgan fingerprint density at radius 3 is 2.32 bits per heavy atom. The number of rotatable bonds is 4. The van der Waals surface area contributed by atoms with E-state index in [1.807, 2.05) is 12.1 Å². The molecule has 122 valence electrons. The summed E-state index contributed by atoms with van der Waals surface area (Å²) < 4.78 is 26.8. The summed E-state index contributed by atoms with van der Waals surface area (Å²) in [6.45, 7) is 2.91. The van der Waals surface area contributed by atoms with E-state index < -0.39 is 10.0 Å². The fraction of sp³-hybridized carbons (Fsp3) is 0.625. The molecule has 0 unspecified atom stereocenters. The van der Waals surface area contributed by atoms with Gasteiger partial charge in [0.05, 0.1) is 5.75 Å².